The lowest BCUT2D eigenvalue weighted by Gasteiger charge is -2.17. The fourth-order valence-electron chi connectivity index (χ4n) is 13.8. The van der Waals surface area contributed by atoms with E-state index in [-0.39, 0.29) is 47.3 Å². The maximum Gasteiger partial charge on any atom is 0.234 e. The first-order valence-electron chi connectivity index (χ1n) is 38.7. The summed E-state index contributed by atoms with van der Waals surface area (Å²) in [5.74, 6) is 1.01. The Labute approximate surface area is 678 Å². The molecule has 0 bridgehead atoms. The first-order valence-corrected chi connectivity index (χ1v) is 39.1. The number of hydrogen-bond donors (Lipinski definition) is 4. The second kappa shape index (κ2) is 36.9. The van der Waals surface area contributed by atoms with Crippen LogP contribution in [0.3, 0.4) is 0 Å². The Morgan fingerprint density at radius 2 is 0.578 bits per heavy atom. The van der Waals surface area contributed by atoms with Crippen LogP contribution in [0.15, 0.2) is 268 Å². The Morgan fingerprint density at radius 3 is 0.862 bits per heavy atom. The second-order valence-electron chi connectivity index (χ2n) is 28.7. The van der Waals surface area contributed by atoms with Gasteiger partial charge in [-0.2, -0.15) is 0 Å². The molecule has 0 fully saturated rings. The van der Waals surface area contributed by atoms with Crippen LogP contribution in [0.5, 0.6) is 0 Å². The van der Waals surface area contributed by atoms with Crippen molar-refractivity contribution >= 4 is 81.1 Å². The van der Waals surface area contributed by atoms with E-state index in [1.807, 2.05) is 308 Å². The van der Waals surface area contributed by atoms with Crippen LogP contribution in [0.1, 0.15) is 133 Å². The fourth-order valence-corrected chi connectivity index (χ4v) is 14.0. The van der Waals surface area contributed by atoms with E-state index in [1.165, 1.54) is 6.20 Å². The minimum Gasteiger partial charge on any atom is -0.325 e. The van der Waals surface area contributed by atoms with E-state index in [1.54, 1.807) is 35.3 Å². The number of amides is 4. The normalized spacial score (nSPS) is 12.1. The Kier molecular flexibility index (Phi) is 25.6. The molecule has 8 aromatic heterocycles. The molecule has 16 rings (SSSR count). The molecule has 4 N–H and O–H groups in total. The third kappa shape index (κ3) is 19.3. The molecule has 8 aromatic carbocycles. The van der Waals surface area contributed by atoms with Gasteiger partial charge in [-0.1, -0.05) is 203 Å². The number of anilines is 4. The quantitative estimate of drug-likeness (QED) is 0.0557. The lowest BCUT2D eigenvalue weighted by atomic mass is 9.95. The predicted molar refractivity (Wildman–Crippen MR) is 459 cm³/mol. The molecule has 16 aromatic rings. The van der Waals surface area contributed by atoms with E-state index in [0.717, 1.165) is 131 Å². The number of hydrogen-bond acceptors (Lipinski definition) is 12. The van der Waals surface area contributed by atoms with Crippen molar-refractivity contribution in [3.63, 3.8) is 0 Å². The second-order valence-corrected chi connectivity index (χ2v) is 29.1. The van der Waals surface area contributed by atoms with Gasteiger partial charge in [-0.05, 0) is 153 Å². The third-order valence-corrected chi connectivity index (χ3v) is 20.5. The number of benzene rings is 8. The molecule has 0 spiro atoms. The number of nitrogens with one attached hydrogen (secondary N) is 4. The van der Waals surface area contributed by atoms with E-state index in [9.17, 15) is 23.6 Å². The first kappa shape index (κ1) is 80.4. The number of carbonyl (C=O) groups excluding carboxylic acids is 4. The summed E-state index contributed by atoms with van der Waals surface area (Å²) >= 11 is 6.37. The van der Waals surface area contributed by atoms with Crippen molar-refractivity contribution in [1.82, 2.24) is 57.5 Å². The molecule has 4 unspecified atom stereocenters. The number of rotatable bonds is 20. The maximum absolute atomic E-state index is 13.4. The zero-order valence-electron chi connectivity index (χ0n) is 66.3. The molecular formula is C94H90ClFN16O4. The van der Waals surface area contributed by atoms with Crippen molar-refractivity contribution in [3.8, 4) is 45.0 Å². The summed E-state index contributed by atoms with van der Waals surface area (Å²) in [6.45, 7) is 20.0. The average molecular weight is 1560 g/mol. The summed E-state index contributed by atoms with van der Waals surface area (Å²) in [5.41, 5.74) is 19.8. The zero-order chi connectivity index (χ0) is 81.5. The van der Waals surface area contributed by atoms with E-state index >= 15 is 0 Å². The molecule has 4 atom stereocenters. The van der Waals surface area contributed by atoms with Crippen molar-refractivity contribution in [3.05, 3.63) is 335 Å². The van der Waals surface area contributed by atoms with Gasteiger partial charge in [0.1, 0.15) is 0 Å². The average Bonchev–Trinajstić information content (AvgIpc) is 1.65. The van der Waals surface area contributed by atoms with Crippen LogP contribution < -0.4 is 21.3 Å². The number of aryl methyl sites for hydroxylation is 6. The Morgan fingerprint density at radius 1 is 0.328 bits per heavy atom. The molecule has 0 aliphatic heterocycles. The summed E-state index contributed by atoms with van der Waals surface area (Å²) in [6.07, 6.45) is 24.3. The van der Waals surface area contributed by atoms with Gasteiger partial charge in [-0.15, -0.1) is 0 Å². The number of imidazole rings is 4. The van der Waals surface area contributed by atoms with Gasteiger partial charge in [-0.3, -0.25) is 36.8 Å². The number of halogens is 2. The van der Waals surface area contributed by atoms with Crippen molar-refractivity contribution in [2.45, 2.75) is 119 Å². The number of carbonyl (C=O) groups is 4. The highest BCUT2D eigenvalue weighted by molar-refractivity contribution is 6.34. The predicted octanol–water partition coefficient (Wildman–Crippen LogP) is 20.8. The third-order valence-electron chi connectivity index (χ3n) is 20.2. The lowest BCUT2D eigenvalue weighted by Crippen LogP contribution is -2.21. The van der Waals surface area contributed by atoms with Crippen molar-refractivity contribution < 1.29 is 23.6 Å². The smallest absolute Gasteiger partial charge is 0.234 e. The first-order chi connectivity index (χ1) is 56.2. The summed E-state index contributed by atoms with van der Waals surface area (Å²) in [5, 5.41) is 12.8. The van der Waals surface area contributed by atoms with Crippen molar-refractivity contribution in [1.29, 1.82) is 0 Å². The van der Waals surface area contributed by atoms with Gasteiger partial charge in [0, 0.05) is 107 Å². The molecule has 0 aliphatic rings. The van der Waals surface area contributed by atoms with Gasteiger partial charge in [0.05, 0.1) is 63.4 Å². The Balaban J connectivity index is 0.000000135. The molecule has 0 saturated heterocycles. The molecule has 0 saturated carbocycles. The Hall–Kier alpha value is -13.7. The molecule has 8 heterocycles. The number of fused-ring (bicyclic) bond motifs is 4. The van der Waals surface area contributed by atoms with Crippen LogP contribution in [-0.2, 0) is 19.2 Å². The van der Waals surface area contributed by atoms with Gasteiger partial charge < -0.3 is 21.3 Å². The van der Waals surface area contributed by atoms with Gasteiger partial charge in [0.2, 0.25) is 46.7 Å². The molecule has 584 valence electrons. The molecule has 0 aliphatic carbocycles. The Bertz CT molecular complexity index is 5420. The van der Waals surface area contributed by atoms with Crippen LogP contribution in [0.4, 0.5) is 27.1 Å². The highest BCUT2D eigenvalue weighted by atomic mass is 35.5. The van der Waals surface area contributed by atoms with E-state index < -0.39 is 5.82 Å². The number of nitrogens with zero attached hydrogens (tertiary/aromatic N) is 12. The highest BCUT2D eigenvalue weighted by Gasteiger charge is 2.25. The minimum atomic E-state index is -0.426. The summed E-state index contributed by atoms with van der Waals surface area (Å²) in [6, 6.07) is 62.7. The lowest BCUT2D eigenvalue weighted by molar-refractivity contribution is -0.118. The molecule has 22 heteroatoms. The monoisotopic (exact) mass is 1560 g/mol. The zero-order valence-corrected chi connectivity index (χ0v) is 67.1. The molecule has 20 nitrogen and oxygen atoms in total. The van der Waals surface area contributed by atoms with Gasteiger partial charge in [0.25, 0.3) is 0 Å². The molecular weight excluding hydrogens is 1470 g/mol. The van der Waals surface area contributed by atoms with Crippen molar-refractivity contribution in [2.24, 2.45) is 0 Å². The SMILES string of the molecule is CCC(C(=O)Nc1cc(-c2cn3cc(C)cnc3n2)ccc1C)c1ccccc1.CCC(C(=O)Nc1cc(-c2cn3cc(C)cnc3n2)ccc1C)c1ccccc1.CCC(C(=O)Nc1cc(-c2cn3cc(C)cnc3n2)ccc1Cl)c1ccccc1.CCC(C(=O)Nc1cc(-c2cn3cc(F)cnc3n2)ccc1C)c1ccccc1. The molecule has 116 heavy (non-hydrogen) atoms. The standard InChI is InChI=1S/2C24H24N4O.C23H21ClN4O.C23H21FN4O/c2*1-4-20(18-8-6-5-7-9-18)23(29)26-21-12-19(11-10-17(21)3)22-15-28-14-16(2)13-25-24(28)27-22;1-3-18(16-7-5-4-6-8-16)22(29)26-20-11-17(9-10-19(20)24)21-14-28-13-15(2)12-25-23(28)27-21;1-3-19(16-7-5-4-6-8-16)22(29)26-20-11-17(10-9-15(20)2)21-14-28-13-18(24)12-25-23(28)27-21/h2*5-15,20H,4H2,1-3H3,(H,26,29);4-14,18H,3H2,1-2H3,(H,26,29);4-14,19H,3H2,1-2H3,(H,26,29). The largest absolute Gasteiger partial charge is 0.325 e. The van der Waals surface area contributed by atoms with Crippen LogP contribution in [-0.4, -0.2) is 81.1 Å². The van der Waals surface area contributed by atoms with Gasteiger partial charge in [-0.25, -0.2) is 44.3 Å². The van der Waals surface area contributed by atoms with E-state index in [4.69, 9.17) is 11.6 Å². The van der Waals surface area contributed by atoms with Crippen molar-refractivity contribution in [2.75, 3.05) is 21.3 Å². The summed E-state index contributed by atoms with van der Waals surface area (Å²) in [4.78, 5) is 87.1. The maximum atomic E-state index is 13.4. The minimum absolute atomic E-state index is 0.00578. The van der Waals surface area contributed by atoms with Crippen LogP contribution >= 0.6 is 11.6 Å². The van der Waals surface area contributed by atoms with Gasteiger partial charge in [0.15, 0.2) is 5.82 Å². The van der Waals surface area contributed by atoms with Crippen LogP contribution in [0.2, 0.25) is 5.02 Å². The number of aromatic nitrogens is 12. The van der Waals surface area contributed by atoms with E-state index in [0.29, 0.717) is 52.4 Å². The van der Waals surface area contributed by atoms with Crippen LogP contribution in [0, 0.1) is 47.4 Å². The fraction of sp³-hybridized carbons (Fsp3) is 0.191. The highest BCUT2D eigenvalue weighted by Crippen LogP contribution is 2.35. The summed E-state index contributed by atoms with van der Waals surface area (Å²) in [7, 11) is 0. The molecule has 4 amide bonds. The topological polar surface area (TPSA) is 237 Å². The van der Waals surface area contributed by atoms with E-state index in [2.05, 4.69) is 61.1 Å². The molecule has 0 radical (unpaired) electrons. The summed E-state index contributed by atoms with van der Waals surface area (Å²) < 4.78 is 20.7. The van der Waals surface area contributed by atoms with Gasteiger partial charge >= 0.3 is 0 Å². The van der Waals surface area contributed by atoms with Crippen LogP contribution in [0.25, 0.3) is 68.1 Å².